The van der Waals surface area contributed by atoms with Crippen LogP contribution in [0.5, 0.6) is 0 Å². The summed E-state index contributed by atoms with van der Waals surface area (Å²) in [5.74, 6) is -0.590. The molecule has 0 saturated carbocycles. The van der Waals surface area contributed by atoms with Crippen molar-refractivity contribution in [2.45, 2.75) is 24.7 Å². The van der Waals surface area contributed by atoms with Crippen LogP contribution in [0.1, 0.15) is 18.4 Å². The Balaban J connectivity index is 1.73. The molecule has 0 aromatic heterocycles. The molecule has 2 aromatic carbocycles. The van der Waals surface area contributed by atoms with E-state index in [0.717, 1.165) is 5.56 Å². The van der Waals surface area contributed by atoms with Gasteiger partial charge in [0.25, 0.3) is 0 Å². The molecule has 0 bridgehead atoms. The van der Waals surface area contributed by atoms with Crippen molar-refractivity contribution in [2.75, 3.05) is 18.4 Å². The number of amides is 1. The number of rotatable bonds is 4. The summed E-state index contributed by atoms with van der Waals surface area (Å²) >= 11 is 11.8. The fourth-order valence-electron chi connectivity index (χ4n) is 3.13. The van der Waals surface area contributed by atoms with Gasteiger partial charge in [0.05, 0.1) is 10.8 Å². The summed E-state index contributed by atoms with van der Waals surface area (Å²) < 4.78 is 27.1. The lowest BCUT2D eigenvalue weighted by Crippen LogP contribution is -2.43. The first-order valence-electron chi connectivity index (χ1n) is 8.60. The lowest BCUT2D eigenvalue weighted by Gasteiger charge is -2.31. The molecule has 2 aromatic rings. The number of aryl methyl sites for hydroxylation is 1. The van der Waals surface area contributed by atoms with Gasteiger partial charge >= 0.3 is 0 Å². The second-order valence-corrected chi connectivity index (χ2v) is 9.42. The molecule has 3 rings (SSSR count). The number of halogens is 2. The Kier molecular flexibility index (Phi) is 6.11. The van der Waals surface area contributed by atoms with E-state index in [1.54, 1.807) is 30.3 Å². The van der Waals surface area contributed by atoms with Gasteiger partial charge in [-0.05, 0) is 67.8 Å². The molecule has 5 nitrogen and oxygen atoms in total. The van der Waals surface area contributed by atoms with Crippen LogP contribution in [0.15, 0.2) is 47.4 Å². The Morgan fingerprint density at radius 1 is 1.11 bits per heavy atom. The number of carbonyl (C=O) groups excluding carboxylic acids is 1. The van der Waals surface area contributed by atoms with Crippen LogP contribution in [0.25, 0.3) is 0 Å². The van der Waals surface area contributed by atoms with E-state index in [9.17, 15) is 13.2 Å². The minimum atomic E-state index is -3.65. The van der Waals surface area contributed by atoms with Gasteiger partial charge in [-0.3, -0.25) is 4.79 Å². The number of hydrogen-bond acceptors (Lipinski definition) is 3. The lowest BCUT2D eigenvalue weighted by molar-refractivity contribution is -0.120. The van der Waals surface area contributed by atoms with E-state index < -0.39 is 15.9 Å². The monoisotopic (exact) mass is 426 g/mol. The molecule has 1 aliphatic rings. The molecule has 0 unspecified atom stereocenters. The average Bonchev–Trinajstić information content (AvgIpc) is 2.64. The summed E-state index contributed by atoms with van der Waals surface area (Å²) in [5, 5.41) is 3.97. The molecule has 0 aliphatic carbocycles. The summed E-state index contributed by atoms with van der Waals surface area (Å²) in [5.41, 5.74) is 1.54. The maximum Gasteiger partial charge on any atom is 0.243 e. The lowest BCUT2D eigenvalue weighted by atomic mass is 9.98. The van der Waals surface area contributed by atoms with Crippen LogP contribution >= 0.6 is 23.2 Å². The average molecular weight is 427 g/mol. The first-order chi connectivity index (χ1) is 12.8. The first kappa shape index (κ1) is 20.1. The molecule has 8 heteroatoms. The highest BCUT2D eigenvalue weighted by Gasteiger charge is 2.33. The second kappa shape index (κ2) is 8.19. The fourth-order valence-corrected chi connectivity index (χ4v) is 5.01. The Hall–Kier alpha value is -1.60. The van der Waals surface area contributed by atoms with Crippen LogP contribution in [-0.4, -0.2) is 31.7 Å². The summed E-state index contributed by atoms with van der Waals surface area (Å²) in [4.78, 5) is 12.9. The van der Waals surface area contributed by atoms with Crippen LogP contribution in [0.2, 0.25) is 10.0 Å². The zero-order valence-corrected chi connectivity index (χ0v) is 17.1. The number of nitrogens with one attached hydrogen (secondary N) is 1. The third-order valence-corrected chi connectivity index (χ3v) is 7.02. The number of carbonyl (C=O) groups is 1. The molecule has 144 valence electrons. The van der Waals surface area contributed by atoms with Crippen LogP contribution in [0.3, 0.4) is 0 Å². The number of anilines is 1. The minimum absolute atomic E-state index is 0.156. The van der Waals surface area contributed by atoms with E-state index >= 15 is 0 Å². The van der Waals surface area contributed by atoms with Crippen molar-refractivity contribution in [3.8, 4) is 0 Å². The van der Waals surface area contributed by atoms with E-state index in [1.165, 1.54) is 16.4 Å². The third-order valence-electron chi connectivity index (χ3n) is 4.65. The Labute approximate surface area is 169 Å². The summed E-state index contributed by atoms with van der Waals surface area (Å²) in [7, 11) is -3.65. The van der Waals surface area contributed by atoms with Crippen molar-refractivity contribution in [3.05, 3.63) is 58.1 Å². The quantitative estimate of drug-likeness (QED) is 0.790. The Morgan fingerprint density at radius 3 is 2.44 bits per heavy atom. The molecule has 1 heterocycles. The summed E-state index contributed by atoms with van der Waals surface area (Å²) in [6.07, 6.45) is 1.27. The van der Waals surface area contributed by atoms with Crippen molar-refractivity contribution in [1.82, 2.24) is 4.31 Å². The van der Waals surface area contributed by atoms with Gasteiger partial charge in [-0.2, -0.15) is 4.31 Å². The van der Waals surface area contributed by atoms with Gasteiger partial charge in [0.1, 0.15) is 0 Å². The van der Waals surface area contributed by atoms with Crippen molar-refractivity contribution >= 4 is 44.8 Å². The van der Waals surface area contributed by atoms with E-state index in [0.29, 0.717) is 35.1 Å². The van der Waals surface area contributed by atoms with E-state index in [4.69, 9.17) is 23.2 Å². The van der Waals surface area contributed by atoms with Gasteiger partial charge in [0.2, 0.25) is 15.9 Å². The molecule has 1 amide bonds. The van der Waals surface area contributed by atoms with Crippen LogP contribution in [-0.2, 0) is 14.8 Å². The molecule has 27 heavy (non-hydrogen) atoms. The predicted molar refractivity (Wildman–Crippen MR) is 108 cm³/mol. The van der Waals surface area contributed by atoms with Crippen LogP contribution in [0.4, 0.5) is 5.69 Å². The standard InChI is InChI=1S/C19H20Cl2N2O3S/c1-13-11-16(21)6-9-18(13)22-19(24)14-3-2-10-23(12-14)27(25,26)17-7-4-15(20)5-8-17/h4-9,11,14H,2-3,10,12H2,1H3,(H,22,24)/t14-/m0/s1. The third kappa shape index (κ3) is 4.63. The van der Waals surface area contributed by atoms with Crippen LogP contribution in [0, 0.1) is 12.8 Å². The molecule has 1 atom stereocenters. The number of sulfonamides is 1. The highest BCUT2D eigenvalue weighted by atomic mass is 35.5. The zero-order chi connectivity index (χ0) is 19.6. The van der Waals surface area contributed by atoms with Crippen molar-refractivity contribution in [3.63, 3.8) is 0 Å². The van der Waals surface area contributed by atoms with Gasteiger partial charge in [-0.15, -0.1) is 0 Å². The smallest absolute Gasteiger partial charge is 0.243 e. The second-order valence-electron chi connectivity index (χ2n) is 6.60. The molecule has 0 spiro atoms. The number of benzene rings is 2. The van der Waals surface area contributed by atoms with Crippen molar-refractivity contribution in [2.24, 2.45) is 5.92 Å². The first-order valence-corrected chi connectivity index (χ1v) is 10.8. The molecule has 1 fully saturated rings. The van der Waals surface area contributed by atoms with Gasteiger partial charge in [0, 0.05) is 28.8 Å². The largest absolute Gasteiger partial charge is 0.326 e. The van der Waals surface area contributed by atoms with Crippen molar-refractivity contribution < 1.29 is 13.2 Å². The molecular weight excluding hydrogens is 407 g/mol. The van der Waals surface area contributed by atoms with Gasteiger partial charge in [0.15, 0.2) is 0 Å². The number of nitrogens with zero attached hydrogens (tertiary/aromatic N) is 1. The fraction of sp³-hybridized carbons (Fsp3) is 0.316. The van der Waals surface area contributed by atoms with E-state index in [-0.39, 0.29) is 17.3 Å². The predicted octanol–water partition coefficient (Wildman–Crippen LogP) is 4.34. The van der Waals surface area contributed by atoms with Gasteiger partial charge < -0.3 is 5.32 Å². The maximum atomic E-state index is 12.9. The highest BCUT2D eigenvalue weighted by molar-refractivity contribution is 7.89. The van der Waals surface area contributed by atoms with E-state index in [2.05, 4.69) is 5.32 Å². The van der Waals surface area contributed by atoms with Gasteiger partial charge in [-0.25, -0.2) is 8.42 Å². The van der Waals surface area contributed by atoms with Crippen molar-refractivity contribution in [1.29, 1.82) is 0 Å². The van der Waals surface area contributed by atoms with Crippen LogP contribution < -0.4 is 5.32 Å². The zero-order valence-electron chi connectivity index (χ0n) is 14.8. The summed E-state index contributed by atoms with van der Waals surface area (Å²) in [6, 6.07) is 11.3. The molecule has 1 aliphatic heterocycles. The summed E-state index contributed by atoms with van der Waals surface area (Å²) in [6.45, 7) is 2.41. The molecular formula is C19H20Cl2N2O3S. The SMILES string of the molecule is Cc1cc(Cl)ccc1NC(=O)[C@H]1CCCN(S(=O)(=O)c2ccc(Cl)cc2)C1. The minimum Gasteiger partial charge on any atom is -0.326 e. The Bertz CT molecular complexity index is 946. The molecule has 1 saturated heterocycles. The maximum absolute atomic E-state index is 12.9. The number of piperidine rings is 1. The topological polar surface area (TPSA) is 66.5 Å². The molecule has 1 N–H and O–H groups in total. The Morgan fingerprint density at radius 2 is 1.78 bits per heavy atom. The van der Waals surface area contributed by atoms with Gasteiger partial charge in [-0.1, -0.05) is 23.2 Å². The normalized spacial score (nSPS) is 18.3. The number of hydrogen-bond donors (Lipinski definition) is 1. The van der Waals surface area contributed by atoms with E-state index in [1.807, 2.05) is 6.92 Å². The highest BCUT2D eigenvalue weighted by Crippen LogP contribution is 2.26. The molecule has 0 radical (unpaired) electrons.